The number of aromatic nitrogens is 2. The molecule has 1 saturated carbocycles. The van der Waals surface area contributed by atoms with Crippen molar-refractivity contribution in [3.63, 3.8) is 0 Å². The first-order valence-electron chi connectivity index (χ1n) is 7.72. The number of carbonyl (C=O) groups excluding carboxylic acids is 1. The van der Waals surface area contributed by atoms with Gasteiger partial charge in [-0.3, -0.25) is 20.0 Å². The monoisotopic (exact) mass is 314 g/mol. The first-order chi connectivity index (χ1) is 11.1. The van der Waals surface area contributed by atoms with Crippen LogP contribution in [-0.4, -0.2) is 21.0 Å². The van der Waals surface area contributed by atoms with Gasteiger partial charge < -0.3 is 5.32 Å². The molecule has 7 nitrogen and oxygen atoms in total. The molecule has 0 aliphatic heterocycles. The number of aromatic amines is 1. The van der Waals surface area contributed by atoms with E-state index in [1.165, 1.54) is 25.0 Å². The number of nitro groups is 1. The Morgan fingerprint density at radius 1 is 1.35 bits per heavy atom. The Morgan fingerprint density at radius 3 is 2.87 bits per heavy atom. The highest BCUT2D eigenvalue weighted by Crippen LogP contribution is 2.28. The van der Waals surface area contributed by atoms with Crippen molar-refractivity contribution in [2.45, 2.75) is 32.1 Å². The van der Waals surface area contributed by atoms with Gasteiger partial charge >= 0.3 is 0 Å². The summed E-state index contributed by atoms with van der Waals surface area (Å²) in [5, 5.41) is 20.5. The van der Waals surface area contributed by atoms with Crippen molar-refractivity contribution in [1.82, 2.24) is 10.2 Å². The Hall–Kier alpha value is -2.70. The van der Waals surface area contributed by atoms with Crippen molar-refractivity contribution in [2.24, 2.45) is 5.92 Å². The third-order valence-electron chi connectivity index (χ3n) is 4.16. The van der Waals surface area contributed by atoms with Gasteiger partial charge in [0, 0.05) is 30.2 Å². The van der Waals surface area contributed by atoms with E-state index >= 15 is 0 Å². The lowest BCUT2D eigenvalue weighted by molar-refractivity contribution is -0.384. The highest BCUT2D eigenvalue weighted by molar-refractivity contribution is 5.90. The number of hydrogen-bond acceptors (Lipinski definition) is 4. The summed E-state index contributed by atoms with van der Waals surface area (Å²) in [6.07, 6.45) is 5.17. The van der Waals surface area contributed by atoms with Crippen LogP contribution in [0.4, 0.5) is 11.5 Å². The molecular weight excluding hydrogens is 296 g/mol. The Balaban J connectivity index is 1.66. The van der Waals surface area contributed by atoms with Gasteiger partial charge in [0.2, 0.25) is 5.91 Å². The van der Waals surface area contributed by atoms with Crippen LogP contribution in [0.15, 0.2) is 30.3 Å². The van der Waals surface area contributed by atoms with E-state index in [9.17, 15) is 14.9 Å². The van der Waals surface area contributed by atoms with Crippen LogP contribution in [0.1, 0.15) is 32.1 Å². The summed E-state index contributed by atoms with van der Waals surface area (Å²) in [6.45, 7) is 0. The zero-order chi connectivity index (χ0) is 16.2. The molecule has 0 saturated heterocycles. The lowest BCUT2D eigenvalue weighted by Crippen LogP contribution is -2.15. The molecule has 120 valence electrons. The quantitative estimate of drug-likeness (QED) is 0.651. The molecule has 7 heteroatoms. The predicted molar refractivity (Wildman–Crippen MR) is 85.9 cm³/mol. The predicted octanol–water partition coefficient (Wildman–Crippen LogP) is 3.50. The van der Waals surface area contributed by atoms with Crippen LogP contribution in [0.25, 0.3) is 11.3 Å². The maximum atomic E-state index is 12.0. The first kappa shape index (κ1) is 15.2. The molecule has 2 aromatic rings. The van der Waals surface area contributed by atoms with E-state index in [0.717, 1.165) is 12.8 Å². The van der Waals surface area contributed by atoms with Crippen molar-refractivity contribution in [2.75, 3.05) is 5.32 Å². The summed E-state index contributed by atoms with van der Waals surface area (Å²) in [7, 11) is 0. The zero-order valence-electron chi connectivity index (χ0n) is 12.6. The van der Waals surface area contributed by atoms with Crippen molar-refractivity contribution >= 4 is 17.4 Å². The van der Waals surface area contributed by atoms with E-state index in [-0.39, 0.29) is 11.6 Å². The number of nitrogens with zero attached hydrogens (tertiary/aromatic N) is 2. The van der Waals surface area contributed by atoms with Crippen molar-refractivity contribution < 1.29 is 9.72 Å². The molecule has 1 heterocycles. The number of non-ortho nitro benzene ring substituents is 1. The van der Waals surface area contributed by atoms with E-state index in [0.29, 0.717) is 29.4 Å². The lowest BCUT2D eigenvalue weighted by Gasteiger charge is -2.07. The Kier molecular flexibility index (Phi) is 4.36. The molecular formula is C16H18N4O3. The number of benzene rings is 1. The number of rotatable bonds is 5. The average molecular weight is 314 g/mol. The van der Waals surface area contributed by atoms with Gasteiger partial charge in [0.1, 0.15) is 0 Å². The molecule has 1 aromatic carbocycles. The molecule has 0 bridgehead atoms. The fraction of sp³-hybridized carbons (Fsp3) is 0.375. The summed E-state index contributed by atoms with van der Waals surface area (Å²) < 4.78 is 0. The Labute approximate surface area is 133 Å². The van der Waals surface area contributed by atoms with Gasteiger partial charge in [-0.05, 0) is 18.8 Å². The second-order valence-electron chi connectivity index (χ2n) is 5.88. The third-order valence-corrected chi connectivity index (χ3v) is 4.16. The topological polar surface area (TPSA) is 101 Å². The zero-order valence-corrected chi connectivity index (χ0v) is 12.6. The molecule has 3 rings (SSSR count). The molecule has 0 atom stereocenters. The SMILES string of the molecule is O=C(CC1CCCC1)Nc1cc(-c2cccc([N+](=O)[O-])c2)[nH]n1. The number of carbonyl (C=O) groups is 1. The van der Waals surface area contributed by atoms with Gasteiger partial charge in [-0.2, -0.15) is 5.10 Å². The standard InChI is InChI=1S/C16H18N4O3/c21-16(8-11-4-1-2-5-11)17-15-10-14(18-19-15)12-6-3-7-13(9-12)20(22)23/h3,6-7,9-11H,1-2,4-5,8H2,(H2,17,18,19,21). The minimum atomic E-state index is -0.440. The molecule has 0 radical (unpaired) electrons. The molecule has 1 aliphatic carbocycles. The van der Waals surface area contributed by atoms with Crippen molar-refractivity contribution in [1.29, 1.82) is 0 Å². The average Bonchev–Trinajstić information content (AvgIpc) is 3.19. The van der Waals surface area contributed by atoms with Gasteiger partial charge in [0.05, 0.1) is 10.6 Å². The highest BCUT2D eigenvalue weighted by Gasteiger charge is 2.19. The van der Waals surface area contributed by atoms with E-state index in [1.54, 1.807) is 18.2 Å². The van der Waals surface area contributed by atoms with Crippen LogP contribution in [0.3, 0.4) is 0 Å². The minimum absolute atomic E-state index is 0.0175. The molecule has 1 aromatic heterocycles. The van der Waals surface area contributed by atoms with Gasteiger partial charge in [-0.15, -0.1) is 0 Å². The summed E-state index contributed by atoms with van der Waals surface area (Å²) in [5.74, 6) is 0.883. The normalized spacial score (nSPS) is 14.8. The third kappa shape index (κ3) is 3.74. The minimum Gasteiger partial charge on any atom is -0.309 e. The van der Waals surface area contributed by atoms with Crippen LogP contribution in [0.5, 0.6) is 0 Å². The largest absolute Gasteiger partial charge is 0.309 e. The number of nitrogens with one attached hydrogen (secondary N) is 2. The van der Waals surface area contributed by atoms with E-state index in [4.69, 9.17) is 0 Å². The van der Waals surface area contributed by atoms with Crippen LogP contribution >= 0.6 is 0 Å². The van der Waals surface area contributed by atoms with Gasteiger partial charge in [-0.1, -0.05) is 25.0 Å². The maximum Gasteiger partial charge on any atom is 0.270 e. The van der Waals surface area contributed by atoms with Crippen LogP contribution in [-0.2, 0) is 4.79 Å². The summed E-state index contributed by atoms with van der Waals surface area (Å²) >= 11 is 0. The molecule has 0 unspecified atom stereocenters. The first-order valence-corrected chi connectivity index (χ1v) is 7.72. The van der Waals surface area contributed by atoms with E-state index < -0.39 is 4.92 Å². The number of H-pyrrole nitrogens is 1. The maximum absolute atomic E-state index is 12.0. The summed E-state index contributed by atoms with van der Waals surface area (Å²) in [6, 6.07) is 7.96. The van der Waals surface area contributed by atoms with E-state index in [1.807, 2.05) is 0 Å². The smallest absolute Gasteiger partial charge is 0.270 e. The van der Waals surface area contributed by atoms with Crippen LogP contribution < -0.4 is 5.32 Å². The van der Waals surface area contributed by atoms with Gasteiger partial charge in [-0.25, -0.2) is 0 Å². The molecule has 0 spiro atoms. The van der Waals surface area contributed by atoms with Crippen LogP contribution in [0.2, 0.25) is 0 Å². The fourth-order valence-electron chi connectivity index (χ4n) is 2.99. The lowest BCUT2D eigenvalue weighted by atomic mass is 10.0. The van der Waals surface area contributed by atoms with E-state index in [2.05, 4.69) is 15.5 Å². The Bertz CT molecular complexity index is 720. The highest BCUT2D eigenvalue weighted by atomic mass is 16.6. The molecule has 1 aliphatic rings. The molecule has 1 amide bonds. The number of hydrogen-bond donors (Lipinski definition) is 2. The fourth-order valence-corrected chi connectivity index (χ4v) is 2.99. The molecule has 2 N–H and O–H groups in total. The van der Waals surface area contributed by atoms with Crippen LogP contribution in [0, 0.1) is 16.0 Å². The Morgan fingerprint density at radius 2 is 2.13 bits per heavy atom. The van der Waals surface area contributed by atoms with Gasteiger partial charge in [0.25, 0.3) is 5.69 Å². The molecule has 23 heavy (non-hydrogen) atoms. The van der Waals surface area contributed by atoms with Crippen molar-refractivity contribution in [3.8, 4) is 11.3 Å². The number of nitro benzene ring substituents is 1. The summed E-state index contributed by atoms with van der Waals surface area (Å²) in [5.41, 5.74) is 1.30. The summed E-state index contributed by atoms with van der Waals surface area (Å²) in [4.78, 5) is 22.4. The number of anilines is 1. The number of amides is 1. The second-order valence-corrected chi connectivity index (χ2v) is 5.88. The van der Waals surface area contributed by atoms with Gasteiger partial charge in [0.15, 0.2) is 5.82 Å². The molecule has 1 fully saturated rings. The van der Waals surface area contributed by atoms with Crippen molar-refractivity contribution in [3.05, 3.63) is 40.4 Å². The second kappa shape index (κ2) is 6.60.